The van der Waals surface area contributed by atoms with Crippen LogP contribution in [0.5, 0.6) is 0 Å². The Morgan fingerprint density at radius 3 is 2.92 bits per heavy atom. The third kappa shape index (κ3) is 3.01. The molecule has 4 rings (SSSR count). The van der Waals surface area contributed by atoms with Crippen LogP contribution in [0.25, 0.3) is 11.2 Å². The molecule has 1 aliphatic heterocycles. The van der Waals surface area contributed by atoms with E-state index in [-0.39, 0.29) is 6.61 Å². The van der Waals surface area contributed by atoms with E-state index >= 15 is 0 Å². The summed E-state index contributed by atoms with van der Waals surface area (Å²) < 4.78 is 12.5. The van der Waals surface area contributed by atoms with Gasteiger partial charge in [0.25, 0.3) is 0 Å². The van der Waals surface area contributed by atoms with Gasteiger partial charge in [0.2, 0.25) is 0 Å². The topological polar surface area (TPSA) is 83.0 Å². The summed E-state index contributed by atoms with van der Waals surface area (Å²) in [5.41, 5.74) is 3.24. The Morgan fingerprint density at radius 2 is 2.12 bits per heavy atom. The molecule has 0 bridgehead atoms. The van der Waals surface area contributed by atoms with Gasteiger partial charge in [-0.1, -0.05) is 11.6 Å². The van der Waals surface area contributed by atoms with Crippen LogP contribution in [0.4, 0.5) is 0 Å². The standard InChI is InChI=1S/C18H20N4O3/c1-11-8-14(18(23)24-10-13-9-12(2)25-21-13)16-17(19-11)22-7-5-3-4-6-15(22)20-16/h8-9H,3-7,10H2,1-2H3. The first-order chi connectivity index (χ1) is 12.1. The number of rotatable bonds is 3. The first kappa shape index (κ1) is 15.8. The van der Waals surface area contributed by atoms with Crippen molar-refractivity contribution in [3.05, 3.63) is 40.7 Å². The molecule has 0 aliphatic carbocycles. The number of pyridine rings is 1. The Hall–Kier alpha value is -2.70. The van der Waals surface area contributed by atoms with E-state index < -0.39 is 5.97 Å². The van der Waals surface area contributed by atoms with Gasteiger partial charge in [-0.2, -0.15) is 0 Å². The maximum absolute atomic E-state index is 12.6. The highest BCUT2D eigenvalue weighted by atomic mass is 16.5. The average molecular weight is 340 g/mol. The molecule has 7 heteroatoms. The molecule has 0 fully saturated rings. The molecule has 130 valence electrons. The maximum atomic E-state index is 12.6. The van der Waals surface area contributed by atoms with Crippen molar-refractivity contribution in [1.29, 1.82) is 0 Å². The number of aryl methyl sites for hydroxylation is 4. The summed E-state index contributed by atoms with van der Waals surface area (Å²) in [7, 11) is 0. The van der Waals surface area contributed by atoms with Crippen molar-refractivity contribution in [2.24, 2.45) is 0 Å². The minimum Gasteiger partial charge on any atom is -0.455 e. The molecule has 1 aliphatic rings. The van der Waals surface area contributed by atoms with Crippen LogP contribution in [0.2, 0.25) is 0 Å². The number of nitrogens with zero attached hydrogens (tertiary/aromatic N) is 4. The highest BCUT2D eigenvalue weighted by Crippen LogP contribution is 2.24. The lowest BCUT2D eigenvalue weighted by Gasteiger charge is -2.06. The summed E-state index contributed by atoms with van der Waals surface area (Å²) in [6.07, 6.45) is 4.35. The monoisotopic (exact) mass is 340 g/mol. The average Bonchev–Trinajstić information content (AvgIpc) is 3.07. The summed E-state index contributed by atoms with van der Waals surface area (Å²) in [6, 6.07) is 3.49. The Bertz CT molecular complexity index is 941. The second-order valence-electron chi connectivity index (χ2n) is 6.48. The van der Waals surface area contributed by atoms with Crippen LogP contribution in [0, 0.1) is 13.8 Å². The van der Waals surface area contributed by atoms with E-state index in [0.717, 1.165) is 43.0 Å². The van der Waals surface area contributed by atoms with Crippen LogP contribution < -0.4 is 0 Å². The van der Waals surface area contributed by atoms with Crippen LogP contribution in [0.15, 0.2) is 16.7 Å². The van der Waals surface area contributed by atoms with Gasteiger partial charge in [0.1, 0.15) is 29.4 Å². The van der Waals surface area contributed by atoms with Gasteiger partial charge >= 0.3 is 5.97 Å². The molecule has 0 spiro atoms. The van der Waals surface area contributed by atoms with Crippen LogP contribution in [0.3, 0.4) is 0 Å². The number of carbonyl (C=O) groups is 1. The Kier molecular flexibility index (Phi) is 3.99. The molecule has 0 aromatic carbocycles. The Labute approximate surface area is 145 Å². The highest BCUT2D eigenvalue weighted by Gasteiger charge is 2.21. The van der Waals surface area contributed by atoms with Crippen molar-refractivity contribution < 1.29 is 14.1 Å². The van der Waals surface area contributed by atoms with Gasteiger partial charge in [0, 0.05) is 24.7 Å². The number of hydrogen-bond acceptors (Lipinski definition) is 6. The predicted molar refractivity (Wildman–Crippen MR) is 90.2 cm³/mol. The number of aromatic nitrogens is 4. The second-order valence-corrected chi connectivity index (χ2v) is 6.48. The lowest BCUT2D eigenvalue weighted by atomic mass is 10.2. The SMILES string of the molecule is Cc1cc(C(=O)OCc2cc(C)on2)c2nc3n(c2n1)CCCCC3. The molecule has 3 aromatic rings. The van der Waals surface area contributed by atoms with E-state index in [9.17, 15) is 4.79 Å². The molecule has 4 heterocycles. The first-order valence-electron chi connectivity index (χ1n) is 8.58. The fraction of sp³-hybridized carbons (Fsp3) is 0.444. The van der Waals surface area contributed by atoms with E-state index in [1.54, 1.807) is 19.1 Å². The molecule has 0 radical (unpaired) electrons. The van der Waals surface area contributed by atoms with Gasteiger partial charge in [-0.25, -0.2) is 14.8 Å². The Balaban J connectivity index is 1.67. The molecular weight excluding hydrogens is 320 g/mol. The van der Waals surface area contributed by atoms with Crippen molar-refractivity contribution in [3.8, 4) is 0 Å². The molecule has 25 heavy (non-hydrogen) atoms. The number of carbonyl (C=O) groups excluding carboxylic acids is 1. The van der Waals surface area contributed by atoms with Gasteiger partial charge in [0.05, 0.1) is 5.56 Å². The molecule has 0 N–H and O–H groups in total. The van der Waals surface area contributed by atoms with E-state index in [2.05, 4.69) is 14.7 Å². The first-order valence-corrected chi connectivity index (χ1v) is 8.58. The fourth-order valence-corrected chi connectivity index (χ4v) is 3.27. The molecular formula is C18H20N4O3. The number of hydrogen-bond donors (Lipinski definition) is 0. The molecule has 7 nitrogen and oxygen atoms in total. The lowest BCUT2D eigenvalue weighted by Crippen LogP contribution is -2.08. The molecule has 3 aromatic heterocycles. The molecule has 0 atom stereocenters. The minimum atomic E-state index is -0.413. The van der Waals surface area contributed by atoms with E-state index in [1.807, 2.05) is 6.92 Å². The summed E-state index contributed by atoms with van der Waals surface area (Å²) in [5.74, 6) is 1.28. The zero-order valence-electron chi connectivity index (χ0n) is 14.4. The third-order valence-corrected chi connectivity index (χ3v) is 4.44. The van der Waals surface area contributed by atoms with Gasteiger partial charge in [0.15, 0.2) is 5.65 Å². The normalized spacial score (nSPS) is 14.3. The van der Waals surface area contributed by atoms with Crippen LogP contribution in [0.1, 0.15) is 52.6 Å². The highest BCUT2D eigenvalue weighted by molar-refractivity contribution is 6.01. The van der Waals surface area contributed by atoms with Crippen molar-refractivity contribution >= 4 is 17.1 Å². The number of fused-ring (bicyclic) bond motifs is 3. The summed E-state index contributed by atoms with van der Waals surface area (Å²) >= 11 is 0. The van der Waals surface area contributed by atoms with E-state index in [4.69, 9.17) is 14.2 Å². The van der Waals surface area contributed by atoms with Gasteiger partial charge < -0.3 is 13.8 Å². The molecule has 0 saturated carbocycles. The number of ether oxygens (including phenoxy) is 1. The molecule has 0 saturated heterocycles. The lowest BCUT2D eigenvalue weighted by molar-refractivity contribution is 0.0466. The minimum absolute atomic E-state index is 0.0760. The predicted octanol–water partition coefficient (Wildman–Crippen LogP) is 3.12. The van der Waals surface area contributed by atoms with Crippen molar-refractivity contribution in [1.82, 2.24) is 19.7 Å². The quantitative estimate of drug-likeness (QED) is 0.681. The molecule has 0 unspecified atom stereocenters. The van der Waals surface area contributed by atoms with Gasteiger partial charge in [-0.3, -0.25) is 0 Å². The van der Waals surface area contributed by atoms with E-state index in [1.165, 1.54) is 6.42 Å². The van der Waals surface area contributed by atoms with Crippen LogP contribution >= 0.6 is 0 Å². The summed E-state index contributed by atoms with van der Waals surface area (Å²) in [4.78, 5) is 21.9. The van der Waals surface area contributed by atoms with Crippen molar-refractivity contribution in [2.45, 2.75) is 52.7 Å². The second kappa shape index (κ2) is 6.31. The molecule has 0 amide bonds. The Morgan fingerprint density at radius 1 is 1.24 bits per heavy atom. The van der Waals surface area contributed by atoms with Gasteiger partial charge in [-0.15, -0.1) is 0 Å². The van der Waals surface area contributed by atoms with Crippen molar-refractivity contribution in [2.75, 3.05) is 0 Å². The van der Waals surface area contributed by atoms with Crippen molar-refractivity contribution in [3.63, 3.8) is 0 Å². The smallest absolute Gasteiger partial charge is 0.340 e. The zero-order valence-corrected chi connectivity index (χ0v) is 14.4. The van der Waals surface area contributed by atoms with E-state index in [0.29, 0.717) is 22.5 Å². The largest absolute Gasteiger partial charge is 0.455 e. The third-order valence-electron chi connectivity index (χ3n) is 4.44. The summed E-state index contributed by atoms with van der Waals surface area (Å²) in [6.45, 7) is 4.65. The summed E-state index contributed by atoms with van der Waals surface area (Å²) in [5, 5.41) is 3.84. The fourth-order valence-electron chi connectivity index (χ4n) is 3.27. The van der Waals surface area contributed by atoms with Gasteiger partial charge in [-0.05, 0) is 32.8 Å². The zero-order chi connectivity index (χ0) is 17.4. The number of imidazole rings is 1. The maximum Gasteiger partial charge on any atom is 0.340 e. The van der Waals surface area contributed by atoms with Crippen LogP contribution in [-0.2, 0) is 24.3 Å². The van der Waals surface area contributed by atoms with Crippen LogP contribution in [-0.4, -0.2) is 25.7 Å². The number of esters is 1.